The zero-order valence-electron chi connectivity index (χ0n) is 12.9. The van der Waals surface area contributed by atoms with E-state index < -0.39 is 16.0 Å². The van der Waals surface area contributed by atoms with E-state index in [4.69, 9.17) is 11.6 Å². The van der Waals surface area contributed by atoms with Crippen molar-refractivity contribution < 1.29 is 12.8 Å². The highest BCUT2D eigenvalue weighted by Gasteiger charge is 2.35. The van der Waals surface area contributed by atoms with Crippen LogP contribution in [-0.4, -0.2) is 37.9 Å². The zero-order chi connectivity index (χ0) is 16.6. The van der Waals surface area contributed by atoms with Crippen molar-refractivity contribution in [2.75, 3.05) is 7.05 Å². The lowest BCUT2D eigenvalue weighted by atomic mass is 10.0. The Hall–Kier alpha value is -0.730. The summed E-state index contributed by atoms with van der Waals surface area (Å²) in [6, 6.07) is 5.05. The van der Waals surface area contributed by atoms with Crippen molar-refractivity contribution in [3.63, 3.8) is 0 Å². The summed E-state index contributed by atoms with van der Waals surface area (Å²) in [5.74, 6) is -0.500. The topological polar surface area (TPSA) is 61.4 Å². The molecular weight excluding hydrogens is 341 g/mol. The van der Waals surface area contributed by atoms with Gasteiger partial charge >= 0.3 is 0 Å². The molecule has 0 aromatic heterocycles. The molecule has 2 heterocycles. The van der Waals surface area contributed by atoms with Crippen LogP contribution in [0, 0.1) is 5.82 Å². The van der Waals surface area contributed by atoms with Crippen molar-refractivity contribution in [2.24, 2.45) is 0 Å². The number of halogens is 2. The molecule has 1 aromatic rings. The van der Waals surface area contributed by atoms with Gasteiger partial charge < -0.3 is 5.32 Å². The van der Waals surface area contributed by atoms with E-state index in [2.05, 4.69) is 10.0 Å². The summed E-state index contributed by atoms with van der Waals surface area (Å²) in [4.78, 5) is 0. The predicted octanol–water partition coefficient (Wildman–Crippen LogP) is 2.03. The molecule has 23 heavy (non-hydrogen) atoms. The molecule has 5 nitrogen and oxygen atoms in total. The van der Waals surface area contributed by atoms with Gasteiger partial charge in [0.25, 0.3) is 10.2 Å². The molecule has 1 aromatic carbocycles. The molecular formula is C15H21ClFN3O2S. The summed E-state index contributed by atoms with van der Waals surface area (Å²) in [5, 5.41) is 3.70. The summed E-state index contributed by atoms with van der Waals surface area (Å²) in [7, 11) is -2.25. The third-order valence-electron chi connectivity index (χ3n) is 4.64. The van der Waals surface area contributed by atoms with Crippen LogP contribution in [-0.2, 0) is 16.8 Å². The number of piperidine rings is 1. The van der Waals surface area contributed by atoms with Gasteiger partial charge in [0, 0.05) is 42.3 Å². The van der Waals surface area contributed by atoms with Gasteiger partial charge in [0.1, 0.15) is 5.82 Å². The molecule has 0 radical (unpaired) electrons. The van der Waals surface area contributed by atoms with Crippen molar-refractivity contribution in [2.45, 2.75) is 50.4 Å². The van der Waals surface area contributed by atoms with Gasteiger partial charge in [0.2, 0.25) is 0 Å². The first-order chi connectivity index (χ1) is 10.8. The van der Waals surface area contributed by atoms with Crippen LogP contribution in [0.25, 0.3) is 0 Å². The number of benzene rings is 1. The third kappa shape index (κ3) is 3.85. The van der Waals surface area contributed by atoms with Gasteiger partial charge in [-0.2, -0.15) is 17.4 Å². The number of nitrogens with zero attached hydrogens (tertiary/aromatic N) is 1. The van der Waals surface area contributed by atoms with E-state index in [0.29, 0.717) is 12.1 Å². The molecule has 128 valence electrons. The zero-order valence-corrected chi connectivity index (χ0v) is 14.5. The quantitative estimate of drug-likeness (QED) is 0.843. The molecule has 2 aliphatic heterocycles. The van der Waals surface area contributed by atoms with Crippen LogP contribution in [0.1, 0.15) is 31.2 Å². The fourth-order valence-electron chi connectivity index (χ4n) is 3.45. The minimum Gasteiger partial charge on any atom is -0.311 e. The molecule has 3 rings (SSSR count). The van der Waals surface area contributed by atoms with Crippen LogP contribution in [0.4, 0.5) is 4.39 Å². The predicted molar refractivity (Wildman–Crippen MR) is 87.9 cm³/mol. The van der Waals surface area contributed by atoms with Gasteiger partial charge in [0.05, 0.1) is 0 Å². The average molecular weight is 362 g/mol. The second-order valence-electron chi connectivity index (χ2n) is 6.39. The number of nitrogens with one attached hydrogen (secondary N) is 2. The first-order valence-corrected chi connectivity index (χ1v) is 9.59. The summed E-state index contributed by atoms with van der Waals surface area (Å²) >= 11 is 5.97. The van der Waals surface area contributed by atoms with E-state index in [1.807, 2.05) is 0 Å². The van der Waals surface area contributed by atoms with Crippen LogP contribution in [0.15, 0.2) is 18.2 Å². The maximum absolute atomic E-state index is 13.8. The van der Waals surface area contributed by atoms with Crippen LogP contribution in [0.2, 0.25) is 5.02 Å². The lowest BCUT2D eigenvalue weighted by molar-refractivity contribution is 0.336. The smallest absolute Gasteiger partial charge is 0.279 e. The van der Waals surface area contributed by atoms with E-state index in [9.17, 15) is 12.8 Å². The molecule has 0 saturated carbocycles. The van der Waals surface area contributed by atoms with Crippen LogP contribution in [0.5, 0.6) is 0 Å². The van der Waals surface area contributed by atoms with Crippen LogP contribution < -0.4 is 10.0 Å². The molecule has 0 amide bonds. The molecule has 0 spiro atoms. The average Bonchev–Trinajstić information content (AvgIpc) is 2.81. The van der Waals surface area contributed by atoms with Crippen molar-refractivity contribution in [3.8, 4) is 0 Å². The Bertz CT molecular complexity index is 653. The van der Waals surface area contributed by atoms with Crippen LogP contribution in [0.3, 0.4) is 0 Å². The van der Waals surface area contributed by atoms with Crippen molar-refractivity contribution in [1.82, 2.24) is 14.3 Å². The van der Waals surface area contributed by atoms with E-state index >= 15 is 0 Å². The Labute approximate surface area is 141 Å². The van der Waals surface area contributed by atoms with Crippen molar-refractivity contribution in [1.29, 1.82) is 0 Å². The molecule has 2 atom stereocenters. The first-order valence-electron chi connectivity index (χ1n) is 7.77. The van der Waals surface area contributed by atoms with Gasteiger partial charge in [0.15, 0.2) is 0 Å². The van der Waals surface area contributed by atoms with E-state index in [1.165, 1.54) is 19.2 Å². The number of rotatable bonds is 5. The Morgan fingerprint density at radius 3 is 2.61 bits per heavy atom. The minimum absolute atomic E-state index is 0.0720. The van der Waals surface area contributed by atoms with Crippen molar-refractivity contribution >= 4 is 21.8 Å². The molecule has 0 aliphatic carbocycles. The summed E-state index contributed by atoms with van der Waals surface area (Å²) in [6.45, 7) is -0.0985. The molecule has 2 unspecified atom stereocenters. The second-order valence-corrected chi connectivity index (χ2v) is 8.60. The second kappa shape index (κ2) is 6.64. The van der Waals surface area contributed by atoms with Gasteiger partial charge in [-0.25, -0.2) is 4.39 Å². The van der Waals surface area contributed by atoms with E-state index in [1.54, 1.807) is 6.07 Å². The summed E-state index contributed by atoms with van der Waals surface area (Å²) < 4.78 is 42.7. The summed E-state index contributed by atoms with van der Waals surface area (Å²) in [6.07, 6.45) is 3.79. The van der Waals surface area contributed by atoms with Gasteiger partial charge in [-0.3, -0.25) is 0 Å². The lowest BCUT2D eigenvalue weighted by Crippen LogP contribution is -2.50. The fraction of sp³-hybridized carbons (Fsp3) is 0.600. The van der Waals surface area contributed by atoms with Gasteiger partial charge in [-0.05, 0) is 37.8 Å². The number of hydrogen-bond acceptors (Lipinski definition) is 3. The molecule has 2 saturated heterocycles. The Kier molecular flexibility index (Phi) is 4.94. The van der Waals surface area contributed by atoms with E-state index in [-0.39, 0.29) is 23.2 Å². The lowest BCUT2D eigenvalue weighted by Gasteiger charge is -2.31. The maximum Gasteiger partial charge on any atom is 0.279 e. The highest BCUT2D eigenvalue weighted by atomic mass is 35.5. The fourth-order valence-corrected chi connectivity index (χ4v) is 4.76. The van der Waals surface area contributed by atoms with Crippen LogP contribution >= 0.6 is 11.6 Å². The van der Waals surface area contributed by atoms with Crippen molar-refractivity contribution in [3.05, 3.63) is 34.6 Å². The standard InChI is InChI=1S/C15H21ClFN3O2S/c1-20(9-13-14(16)3-2-4-15(13)17)23(21,22)19-12-7-10-5-6-11(8-12)18-10/h2-4,10-12,18-19H,5-9H2,1H3. The Morgan fingerprint density at radius 2 is 2.00 bits per heavy atom. The van der Waals surface area contributed by atoms with E-state index in [0.717, 1.165) is 30.0 Å². The van der Waals surface area contributed by atoms with Gasteiger partial charge in [-0.15, -0.1) is 0 Å². The highest BCUT2D eigenvalue weighted by molar-refractivity contribution is 7.87. The van der Waals surface area contributed by atoms with Gasteiger partial charge in [-0.1, -0.05) is 17.7 Å². The number of fused-ring (bicyclic) bond motifs is 2. The molecule has 2 bridgehead atoms. The highest BCUT2D eigenvalue weighted by Crippen LogP contribution is 2.27. The minimum atomic E-state index is -3.68. The Morgan fingerprint density at radius 1 is 1.35 bits per heavy atom. The first kappa shape index (κ1) is 17.1. The third-order valence-corrected chi connectivity index (χ3v) is 6.58. The molecule has 2 aliphatic rings. The maximum atomic E-state index is 13.8. The number of hydrogen-bond donors (Lipinski definition) is 2. The Balaban J connectivity index is 1.67. The molecule has 2 fully saturated rings. The molecule has 2 N–H and O–H groups in total. The summed E-state index contributed by atoms with van der Waals surface area (Å²) in [5.41, 5.74) is 0.187. The SMILES string of the molecule is CN(Cc1c(F)cccc1Cl)S(=O)(=O)NC1CC2CCC(C1)N2. The largest absolute Gasteiger partial charge is 0.311 e. The molecule has 8 heteroatoms. The monoisotopic (exact) mass is 361 g/mol. The normalized spacial score (nSPS) is 27.6.